The highest BCUT2D eigenvalue weighted by Crippen LogP contribution is 2.09. The topological polar surface area (TPSA) is 41.4 Å². The Balaban J connectivity index is 1.41. The van der Waals surface area contributed by atoms with Crippen molar-refractivity contribution in [2.75, 3.05) is 38.5 Å². The maximum absolute atomic E-state index is 12.3. The van der Waals surface area contributed by atoms with Crippen LogP contribution in [-0.4, -0.2) is 62.0 Å². The second-order valence-corrected chi connectivity index (χ2v) is 7.51. The first kappa shape index (κ1) is 16.4. The first-order valence-corrected chi connectivity index (χ1v) is 9.38. The van der Waals surface area contributed by atoms with E-state index in [1.165, 1.54) is 0 Å². The van der Waals surface area contributed by atoms with Crippen molar-refractivity contribution in [2.24, 2.45) is 7.05 Å². The number of rotatable bonds is 6. The van der Waals surface area contributed by atoms with Gasteiger partial charge in [0.05, 0.1) is 17.3 Å². The predicted molar refractivity (Wildman–Crippen MR) is 92.6 cm³/mol. The molecular formula is C17H24N4OS. The Bertz CT molecular complexity index is 635. The number of nitrogens with zero attached hydrogens (tertiary/aromatic N) is 4. The maximum Gasteiger partial charge on any atom is 0.122 e. The van der Waals surface area contributed by atoms with Gasteiger partial charge in [-0.25, -0.2) is 4.98 Å². The van der Waals surface area contributed by atoms with Gasteiger partial charge in [-0.2, -0.15) is 0 Å². The number of hydrogen-bond acceptors (Lipinski definition) is 4. The number of benzene rings is 1. The molecule has 124 valence electrons. The molecule has 0 unspecified atom stereocenters. The molecule has 3 rings (SSSR count). The molecule has 5 nitrogen and oxygen atoms in total. The first-order chi connectivity index (χ1) is 11.2. The summed E-state index contributed by atoms with van der Waals surface area (Å²) in [5.41, 5.74) is 0. The molecule has 0 radical (unpaired) electrons. The van der Waals surface area contributed by atoms with Crippen LogP contribution < -0.4 is 0 Å². The molecule has 1 saturated heterocycles. The fourth-order valence-electron chi connectivity index (χ4n) is 2.82. The van der Waals surface area contributed by atoms with Gasteiger partial charge in [0.15, 0.2) is 0 Å². The summed E-state index contributed by atoms with van der Waals surface area (Å²) >= 11 is 0. The van der Waals surface area contributed by atoms with Crippen molar-refractivity contribution < 1.29 is 4.21 Å². The van der Waals surface area contributed by atoms with E-state index < -0.39 is 10.8 Å². The zero-order valence-electron chi connectivity index (χ0n) is 13.6. The highest BCUT2D eigenvalue weighted by Gasteiger charge is 2.18. The number of piperazine rings is 1. The third-order valence-electron chi connectivity index (χ3n) is 4.35. The quantitative estimate of drug-likeness (QED) is 0.801. The first-order valence-electron chi connectivity index (χ1n) is 8.07. The molecule has 1 aromatic heterocycles. The molecule has 1 aromatic carbocycles. The molecule has 23 heavy (non-hydrogen) atoms. The lowest BCUT2D eigenvalue weighted by Crippen LogP contribution is -2.47. The maximum atomic E-state index is 12.3. The van der Waals surface area contributed by atoms with Gasteiger partial charge in [-0.05, 0) is 12.1 Å². The van der Waals surface area contributed by atoms with E-state index >= 15 is 0 Å². The Morgan fingerprint density at radius 3 is 2.43 bits per heavy atom. The fourth-order valence-corrected chi connectivity index (χ4v) is 3.94. The molecule has 0 bridgehead atoms. The standard InChI is InChI=1S/C17H24N4OS/c1-19-8-7-18-17(19)15-21-11-9-20(10-12-21)13-14-23(22)16-5-3-2-4-6-16/h2-8H,9-15H2,1H3/t23-/m0/s1. The summed E-state index contributed by atoms with van der Waals surface area (Å²) < 4.78 is 14.3. The van der Waals surface area contributed by atoms with Gasteiger partial charge in [0.2, 0.25) is 0 Å². The Morgan fingerprint density at radius 1 is 1.09 bits per heavy atom. The van der Waals surface area contributed by atoms with Crippen LogP contribution in [0.5, 0.6) is 0 Å². The summed E-state index contributed by atoms with van der Waals surface area (Å²) in [7, 11) is 1.15. The zero-order valence-corrected chi connectivity index (χ0v) is 14.4. The monoisotopic (exact) mass is 332 g/mol. The van der Waals surface area contributed by atoms with E-state index in [0.29, 0.717) is 5.75 Å². The third-order valence-corrected chi connectivity index (χ3v) is 5.70. The number of imidazole rings is 1. The van der Waals surface area contributed by atoms with Gasteiger partial charge >= 0.3 is 0 Å². The highest BCUT2D eigenvalue weighted by molar-refractivity contribution is 7.85. The van der Waals surface area contributed by atoms with Gasteiger partial charge in [0.25, 0.3) is 0 Å². The summed E-state index contributed by atoms with van der Waals surface area (Å²) in [4.78, 5) is 10.2. The van der Waals surface area contributed by atoms with Crippen LogP contribution in [0, 0.1) is 0 Å². The second kappa shape index (κ2) is 7.86. The number of aromatic nitrogens is 2. The van der Waals surface area contributed by atoms with E-state index in [1.807, 2.05) is 49.8 Å². The lowest BCUT2D eigenvalue weighted by molar-refractivity contribution is 0.129. The molecule has 0 amide bonds. The van der Waals surface area contributed by atoms with Crippen LogP contribution in [0.15, 0.2) is 47.6 Å². The van der Waals surface area contributed by atoms with E-state index in [0.717, 1.165) is 50.0 Å². The van der Waals surface area contributed by atoms with Gasteiger partial charge in [-0.15, -0.1) is 0 Å². The Labute approximate surface area is 140 Å². The largest absolute Gasteiger partial charge is 0.337 e. The molecule has 2 aromatic rings. The molecule has 0 N–H and O–H groups in total. The number of aryl methyl sites for hydroxylation is 1. The van der Waals surface area contributed by atoms with Crippen LogP contribution in [0.25, 0.3) is 0 Å². The Hall–Kier alpha value is -1.50. The van der Waals surface area contributed by atoms with Crippen molar-refractivity contribution in [1.82, 2.24) is 19.4 Å². The molecule has 1 aliphatic heterocycles. The highest BCUT2D eigenvalue weighted by atomic mass is 32.2. The summed E-state index contributed by atoms with van der Waals surface area (Å²) in [5, 5.41) is 0. The van der Waals surface area contributed by atoms with Crippen LogP contribution in [0.3, 0.4) is 0 Å². The van der Waals surface area contributed by atoms with Gasteiger partial charge in [-0.3, -0.25) is 14.0 Å². The molecule has 0 aliphatic carbocycles. The zero-order chi connectivity index (χ0) is 16.1. The van der Waals surface area contributed by atoms with Gasteiger partial charge in [-0.1, -0.05) is 18.2 Å². The molecule has 0 saturated carbocycles. The summed E-state index contributed by atoms with van der Waals surface area (Å²) in [6.07, 6.45) is 3.84. The second-order valence-electron chi connectivity index (χ2n) is 5.93. The van der Waals surface area contributed by atoms with E-state index in [1.54, 1.807) is 0 Å². The molecule has 2 heterocycles. The van der Waals surface area contributed by atoms with Gasteiger partial charge in [0, 0.05) is 62.8 Å². The van der Waals surface area contributed by atoms with Crippen LogP contribution in [0.4, 0.5) is 0 Å². The summed E-state index contributed by atoms with van der Waals surface area (Å²) in [6, 6.07) is 9.75. The SMILES string of the molecule is Cn1ccnc1CN1CCN(CC[S@](=O)c2ccccc2)CC1. The lowest BCUT2D eigenvalue weighted by Gasteiger charge is -2.34. The lowest BCUT2D eigenvalue weighted by atomic mass is 10.3. The molecule has 1 aliphatic rings. The van der Waals surface area contributed by atoms with Crippen molar-refractivity contribution in [3.63, 3.8) is 0 Å². The van der Waals surface area contributed by atoms with Crippen molar-refractivity contribution in [2.45, 2.75) is 11.4 Å². The predicted octanol–water partition coefficient (Wildman–Crippen LogP) is 1.35. The molecular weight excluding hydrogens is 308 g/mol. The Morgan fingerprint density at radius 2 is 1.78 bits per heavy atom. The molecule has 0 spiro atoms. The fraction of sp³-hybridized carbons (Fsp3) is 0.471. The average molecular weight is 332 g/mol. The summed E-state index contributed by atoms with van der Waals surface area (Å²) in [6.45, 7) is 5.98. The Kier molecular flexibility index (Phi) is 5.59. The third kappa shape index (κ3) is 4.50. The van der Waals surface area contributed by atoms with Gasteiger partial charge < -0.3 is 4.57 Å². The van der Waals surface area contributed by atoms with E-state index in [-0.39, 0.29) is 0 Å². The molecule has 1 atom stereocenters. The van der Waals surface area contributed by atoms with Crippen LogP contribution in [0.2, 0.25) is 0 Å². The van der Waals surface area contributed by atoms with Crippen molar-refractivity contribution in [1.29, 1.82) is 0 Å². The van der Waals surface area contributed by atoms with E-state index in [9.17, 15) is 4.21 Å². The molecule has 1 fully saturated rings. The van der Waals surface area contributed by atoms with Crippen LogP contribution in [-0.2, 0) is 24.4 Å². The minimum Gasteiger partial charge on any atom is -0.337 e. The van der Waals surface area contributed by atoms with Crippen molar-refractivity contribution in [3.05, 3.63) is 48.5 Å². The minimum atomic E-state index is -0.892. The summed E-state index contributed by atoms with van der Waals surface area (Å²) in [5.74, 6) is 1.83. The van der Waals surface area contributed by atoms with E-state index in [2.05, 4.69) is 19.4 Å². The van der Waals surface area contributed by atoms with Crippen LogP contribution in [0.1, 0.15) is 5.82 Å². The normalized spacial score (nSPS) is 18.1. The van der Waals surface area contributed by atoms with Crippen molar-refractivity contribution >= 4 is 10.8 Å². The van der Waals surface area contributed by atoms with E-state index in [4.69, 9.17) is 0 Å². The van der Waals surface area contributed by atoms with Crippen LogP contribution >= 0.6 is 0 Å². The van der Waals surface area contributed by atoms with Crippen molar-refractivity contribution in [3.8, 4) is 0 Å². The minimum absolute atomic E-state index is 0.712. The smallest absolute Gasteiger partial charge is 0.122 e. The molecule has 6 heteroatoms. The van der Waals surface area contributed by atoms with Gasteiger partial charge in [0.1, 0.15) is 5.82 Å². The number of hydrogen-bond donors (Lipinski definition) is 0. The average Bonchev–Trinajstić information content (AvgIpc) is 2.99.